The number of carbonyl (C=O) groups is 1. The molecule has 0 saturated carbocycles. The van der Waals surface area contributed by atoms with Crippen molar-refractivity contribution in [2.24, 2.45) is 0 Å². The highest BCUT2D eigenvalue weighted by atomic mass is 19.1. The van der Waals surface area contributed by atoms with Gasteiger partial charge in [0.15, 0.2) is 0 Å². The molecule has 0 spiro atoms. The Morgan fingerprint density at radius 3 is 2.67 bits per heavy atom. The third-order valence-corrected chi connectivity index (χ3v) is 2.65. The highest BCUT2D eigenvalue weighted by molar-refractivity contribution is 5.76. The molecule has 0 unspecified atom stereocenters. The number of nitrogens with one attached hydrogen (secondary N) is 1. The van der Waals surface area contributed by atoms with Crippen LogP contribution in [0.15, 0.2) is 24.3 Å². The van der Waals surface area contributed by atoms with Crippen LogP contribution in [0.5, 0.6) is 0 Å². The number of ether oxygens (including phenoxy) is 1. The van der Waals surface area contributed by atoms with E-state index >= 15 is 0 Å². The van der Waals surface area contributed by atoms with Gasteiger partial charge in [0.1, 0.15) is 5.82 Å². The van der Waals surface area contributed by atoms with E-state index in [0.29, 0.717) is 19.4 Å². The fourth-order valence-corrected chi connectivity index (χ4v) is 1.60. The number of rotatable bonds is 8. The van der Waals surface area contributed by atoms with Crippen LogP contribution in [0.2, 0.25) is 0 Å². The number of unbranched alkanes of at least 4 members (excludes halogenated alkanes) is 1. The van der Waals surface area contributed by atoms with Crippen molar-refractivity contribution in [2.45, 2.75) is 25.7 Å². The average molecular weight is 253 g/mol. The Kier molecular flexibility index (Phi) is 7.03. The molecule has 1 N–H and O–H groups in total. The maximum atomic E-state index is 12.7. The van der Waals surface area contributed by atoms with Crippen LogP contribution in [0, 0.1) is 5.82 Å². The maximum absolute atomic E-state index is 12.7. The normalized spacial score (nSPS) is 10.3. The van der Waals surface area contributed by atoms with E-state index in [4.69, 9.17) is 4.74 Å². The van der Waals surface area contributed by atoms with Crippen LogP contribution in [-0.2, 0) is 16.0 Å². The lowest BCUT2D eigenvalue weighted by molar-refractivity contribution is -0.121. The van der Waals surface area contributed by atoms with Crippen molar-refractivity contribution < 1.29 is 13.9 Å². The van der Waals surface area contributed by atoms with Gasteiger partial charge in [0, 0.05) is 26.7 Å². The van der Waals surface area contributed by atoms with E-state index in [1.807, 2.05) is 0 Å². The standard InChI is InChI=1S/C14H20FNO2/c1-18-11-3-2-10-16-14(17)9-6-12-4-7-13(15)8-5-12/h4-5,7-8H,2-3,6,9-11H2,1H3,(H,16,17). The Morgan fingerprint density at radius 1 is 1.28 bits per heavy atom. The number of carbonyl (C=O) groups excluding carboxylic acids is 1. The summed E-state index contributed by atoms with van der Waals surface area (Å²) in [6.07, 6.45) is 2.96. The van der Waals surface area contributed by atoms with Crippen LogP contribution in [0.1, 0.15) is 24.8 Å². The largest absolute Gasteiger partial charge is 0.385 e. The van der Waals surface area contributed by atoms with Gasteiger partial charge in [-0.25, -0.2) is 4.39 Å². The molecule has 0 fully saturated rings. The van der Waals surface area contributed by atoms with Gasteiger partial charge in [0.2, 0.25) is 5.91 Å². The number of hydrogen-bond donors (Lipinski definition) is 1. The predicted molar refractivity (Wildman–Crippen MR) is 68.8 cm³/mol. The molecular formula is C14H20FNO2. The Labute approximate surface area is 107 Å². The highest BCUT2D eigenvalue weighted by Crippen LogP contribution is 2.05. The lowest BCUT2D eigenvalue weighted by Crippen LogP contribution is -2.24. The number of halogens is 1. The van der Waals surface area contributed by atoms with E-state index in [1.54, 1.807) is 19.2 Å². The van der Waals surface area contributed by atoms with Crippen molar-refractivity contribution in [2.75, 3.05) is 20.3 Å². The molecule has 1 aromatic carbocycles. The minimum absolute atomic E-state index is 0.0386. The number of methoxy groups -OCH3 is 1. The fraction of sp³-hybridized carbons (Fsp3) is 0.500. The molecule has 4 heteroatoms. The summed E-state index contributed by atoms with van der Waals surface area (Å²) in [7, 11) is 1.67. The molecule has 0 saturated heterocycles. The molecule has 0 aliphatic heterocycles. The zero-order chi connectivity index (χ0) is 13.2. The minimum atomic E-state index is -0.249. The first-order valence-corrected chi connectivity index (χ1v) is 6.22. The molecule has 100 valence electrons. The molecule has 0 aliphatic carbocycles. The van der Waals surface area contributed by atoms with E-state index in [-0.39, 0.29) is 11.7 Å². The van der Waals surface area contributed by atoms with Crippen molar-refractivity contribution in [3.63, 3.8) is 0 Å². The summed E-state index contributed by atoms with van der Waals surface area (Å²) in [6.45, 7) is 1.41. The summed E-state index contributed by atoms with van der Waals surface area (Å²) >= 11 is 0. The number of aryl methyl sites for hydroxylation is 1. The van der Waals surface area contributed by atoms with Crippen molar-refractivity contribution in [1.82, 2.24) is 5.32 Å². The lowest BCUT2D eigenvalue weighted by atomic mass is 10.1. The van der Waals surface area contributed by atoms with Crippen LogP contribution >= 0.6 is 0 Å². The maximum Gasteiger partial charge on any atom is 0.220 e. The van der Waals surface area contributed by atoms with Crippen LogP contribution in [-0.4, -0.2) is 26.2 Å². The van der Waals surface area contributed by atoms with E-state index in [0.717, 1.165) is 25.0 Å². The predicted octanol–water partition coefficient (Wildman–Crippen LogP) is 2.30. The number of benzene rings is 1. The molecule has 0 bridgehead atoms. The highest BCUT2D eigenvalue weighted by Gasteiger charge is 2.01. The van der Waals surface area contributed by atoms with Crippen LogP contribution < -0.4 is 5.32 Å². The van der Waals surface area contributed by atoms with Gasteiger partial charge in [-0.05, 0) is 37.0 Å². The summed E-state index contributed by atoms with van der Waals surface area (Å²) < 4.78 is 17.6. The summed E-state index contributed by atoms with van der Waals surface area (Å²) in [5.74, 6) is -0.210. The first kappa shape index (κ1) is 14.6. The third-order valence-electron chi connectivity index (χ3n) is 2.65. The lowest BCUT2D eigenvalue weighted by Gasteiger charge is -2.05. The summed E-state index contributed by atoms with van der Waals surface area (Å²) in [4.78, 5) is 11.5. The van der Waals surface area contributed by atoms with Gasteiger partial charge in [0.25, 0.3) is 0 Å². The molecule has 0 atom stereocenters. The first-order valence-electron chi connectivity index (χ1n) is 6.22. The van der Waals surface area contributed by atoms with E-state index in [2.05, 4.69) is 5.32 Å². The van der Waals surface area contributed by atoms with Crippen LogP contribution in [0.3, 0.4) is 0 Å². The molecule has 1 amide bonds. The number of amides is 1. The smallest absolute Gasteiger partial charge is 0.220 e. The first-order chi connectivity index (χ1) is 8.72. The fourth-order valence-electron chi connectivity index (χ4n) is 1.60. The molecule has 0 heterocycles. The summed E-state index contributed by atoms with van der Waals surface area (Å²) in [5.41, 5.74) is 0.978. The average Bonchev–Trinajstić information content (AvgIpc) is 2.38. The molecular weight excluding hydrogens is 233 g/mol. The minimum Gasteiger partial charge on any atom is -0.385 e. The van der Waals surface area contributed by atoms with Crippen molar-refractivity contribution >= 4 is 5.91 Å². The third kappa shape index (κ3) is 6.35. The van der Waals surface area contributed by atoms with Gasteiger partial charge in [-0.1, -0.05) is 12.1 Å². The molecule has 0 aromatic heterocycles. The van der Waals surface area contributed by atoms with Crippen molar-refractivity contribution in [1.29, 1.82) is 0 Å². The van der Waals surface area contributed by atoms with Gasteiger partial charge >= 0.3 is 0 Å². The van der Waals surface area contributed by atoms with Crippen molar-refractivity contribution in [3.05, 3.63) is 35.6 Å². The van der Waals surface area contributed by atoms with Crippen LogP contribution in [0.25, 0.3) is 0 Å². The Hall–Kier alpha value is -1.42. The zero-order valence-electron chi connectivity index (χ0n) is 10.7. The Bertz CT molecular complexity index is 351. The van der Waals surface area contributed by atoms with E-state index in [9.17, 15) is 9.18 Å². The Morgan fingerprint density at radius 2 is 2.00 bits per heavy atom. The molecule has 18 heavy (non-hydrogen) atoms. The second-order valence-corrected chi connectivity index (χ2v) is 4.18. The van der Waals surface area contributed by atoms with Crippen LogP contribution in [0.4, 0.5) is 4.39 Å². The van der Waals surface area contributed by atoms with E-state index < -0.39 is 0 Å². The second kappa shape index (κ2) is 8.64. The van der Waals surface area contributed by atoms with Gasteiger partial charge < -0.3 is 10.1 Å². The second-order valence-electron chi connectivity index (χ2n) is 4.18. The number of hydrogen-bond acceptors (Lipinski definition) is 2. The van der Waals surface area contributed by atoms with E-state index in [1.165, 1.54) is 12.1 Å². The summed E-state index contributed by atoms with van der Waals surface area (Å²) in [5, 5.41) is 2.85. The van der Waals surface area contributed by atoms with Gasteiger partial charge in [-0.2, -0.15) is 0 Å². The van der Waals surface area contributed by atoms with Crippen molar-refractivity contribution in [3.8, 4) is 0 Å². The van der Waals surface area contributed by atoms with Gasteiger partial charge in [-0.15, -0.1) is 0 Å². The molecule has 3 nitrogen and oxygen atoms in total. The molecule has 0 radical (unpaired) electrons. The monoisotopic (exact) mass is 253 g/mol. The zero-order valence-corrected chi connectivity index (χ0v) is 10.7. The Balaban J connectivity index is 2.11. The van der Waals surface area contributed by atoms with Gasteiger partial charge in [0.05, 0.1) is 0 Å². The SMILES string of the molecule is COCCCCNC(=O)CCc1ccc(F)cc1. The quantitative estimate of drug-likeness (QED) is 0.722. The topological polar surface area (TPSA) is 38.3 Å². The molecule has 1 rings (SSSR count). The molecule has 0 aliphatic rings. The summed E-state index contributed by atoms with van der Waals surface area (Å²) in [6, 6.07) is 6.25. The van der Waals surface area contributed by atoms with Gasteiger partial charge in [-0.3, -0.25) is 4.79 Å². The molecule has 1 aromatic rings.